The van der Waals surface area contributed by atoms with Crippen LogP contribution in [0.25, 0.3) is 0 Å². The summed E-state index contributed by atoms with van der Waals surface area (Å²) in [5.74, 6) is 1.56. The van der Waals surface area contributed by atoms with Crippen LogP contribution in [-0.4, -0.2) is 56.2 Å². The number of carbonyl (C=O) groups excluding carboxylic acids is 1. The summed E-state index contributed by atoms with van der Waals surface area (Å²) in [6, 6.07) is 6.68. The van der Waals surface area contributed by atoms with Crippen molar-refractivity contribution in [1.82, 2.24) is 14.2 Å². The maximum Gasteiger partial charge on any atom is 0.268 e. The van der Waals surface area contributed by atoms with Crippen LogP contribution in [0.2, 0.25) is 0 Å². The van der Waals surface area contributed by atoms with Crippen molar-refractivity contribution in [3.05, 3.63) is 36.2 Å². The number of aromatic nitrogens is 1. The van der Waals surface area contributed by atoms with Gasteiger partial charge in [-0.15, -0.1) is 0 Å². The predicted octanol–water partition coefficient (Wildman–Crippen LogP) is 1.35. The SMILES string of the molecule is Cn1cc(S(=O)(=O)N2CCCC2)cc1C(=O)NCCOc1ccc2c(c1)OCO2. The van der Waals surface area contributed by atoms with Crippen LogP contribution in [0.3, 0.4) is 0 Å². The van der Waals surface area contributed by atoms with Crippen LogP contribution in [0.1, 0.15) is 23.3 Å². The Kier molecular flexibility index (Phi) is 5.37. The van der Waals surface area contributed by atoms with Gasteiger partial charge in [0.15, 0.2) is 11.5 Å². The van der Waals surface area contributed by atoms with Gasteiger partial charge in [-0.1, -0.05) is 0 Å². The minimum Gasteiger partial charge on any atom is -0.492 e. The lowest BCUT2D eigenvalue weighted by atomic mass is 10.3. The third-order valence-corrected chi connectivity index (χ3v) is 6.78. The maximum absolute atomic E-state index is 12.7. The Hall–Kier alpha value is -2.72. The summed E-state index contributed by atoms with van der Waals surface area (Å²) in [5, 5.41) is 2.75. The summed E-state index contributed by atoms with van der Waals surface area (Å²) in [6.07, 6.45) is 3.21. The van der Waals surface area contributed by atoms with Gasteiger partial charge in [0.2, 0.25) is 16.8 Å². The van der Waals surface area contributed by atoms with Crippen molar-refractivity contribution in [3.8, 4) is 17.2 Å². The molecule has 1 saturated heterocycles. The molecule has 0 aliphatic carbocycles. The molecule has 9 nitrogen and oxygen atoms in total. The molecular weight excluding hydrogens is 398 g/mol. The fourth-order valence-corrected chi connectivity index (χ4v) is 4.96. The fourth-order valence-electron chi connectivity index (χ4n) is 3.37. The van der Waals surface area contributed by atoms with Crippen LogP contribution in [-0.2, 0) is 17.1 Å². The topological polar surface area (TPSA) is 99.1 Å². The number of hydrogen-bond acceptors (Lipinski definition) is 6. The first-order valence-corrected chi connectivity index (χ1v) is 10.9. The van der Waals surface area contributed by atoms with Gasteiger partial charge in [-0.3, -0.25) is 4.79 Å². The molecule has 1 N–H and O–H groups in total. The van der Waals surface area contributed by atoms with E-state index in [0.717, 1.165) is 12.8 Å². The first kappa shape index (κ1) is 19.6. The Labute approximate surface area is 169 Å². The first-order valence-electron chi connectivity index (χ1n) is 9.42. The highest BCUT2D eigenvalue weighted by molar-refractivity contribution is 7.89. The number of benzene rings is 1. The molecule has 2 aliphatic rings. The summed E-state index contributed by atoms with van der Waals surface area (Å²) in [7, 11) is -1.90. The highest BCUT2D eigenvalue weighted by atomic mass is 32.2. The number of amides is 1. The van der Waals surface area contributed by atoms with Crippen molar-refractivity contribution < 1.29 is 27.4 Å². The van der Waals surface area contributed by atoms with Crippen LogP contribution in [0.5, 0.6) is 17.2 Å². The van der Waals surface area contributed by atoms with Gasteiger partial charge in [0.05, 0.1) is 6.54 Å². The highest BCUT2D eigenvalue weighted by Gasteiger charge is 2.29. The van der Waals surface area contributed by atoms with Crippen molar-refractivity contribution in [2.24, 2.45) is 7.05 Å². The van der Waals surface area contributed by atoms with Crippen LogP contribution < -0.4 is 19.5 Å². The van der Waals surface area contributed by atoms with E-state index in [1.165, 1.54) is 21.1 Å². The van der Waals surface area contributed by atoms with Gasteiger partial charge >= 0.3 is 0 Å². The standard InChI is InChI=1S/C19H23N3O6S/c1-21-12-15(29(24,25)22-7-2-3-8-22)11-16(21)19(23)20-6-9-26-14-4-5-17-18(10-14)28-13-27-17/h4-5,10-12H,2-3,6-9,13H2,1H3,(H,20,23). The second kappa shape index (κ2) is 7.96. The summed E-state index contributed by atoms with van der Waals surface area (Å²) in [5.41, 5.74) is 0.283. The second-order valence-electron chi connectivity index (χ2n) is 6.90. The van der Waals surface area contributed by atoms with E-state index in [-0.39, 0.29) is 36.4 Å². The number of fused-ring (bicyclic) bond motifs is 1. The van der Waals surface area contributed by atoms with E-state index in [4.69, 9.17) is 14.2 Å². The maximum atomic E-state index is 12.7. The monoisotopic (exact) mass is 421 g/mol. The van der Waals surface area contributed by atoms with Crippen molar-refractivity contribution in [3.63, 3.8) is 0 Å². The van der Waals surface area contributed by atoms with Crippen molar-refractivity contribution >= 4 is 15.9 Å². The number of nitrogens with one attached hydrogen (secondary N) is 1. The Balaban J connectivity index is 1.32. The molecule has 0 atom stereocenters. The molecule has 1 fully saturated rings. The molecular formula is C19H23N3O6S. The molecule has 0 radical (unpaired) electrons. The molecule has 1 amide bonds. The summed E-state index contributed by atoms with van der Waals surface area (Å²) in [4.78, 5) is 12.6. The average Bonchev–Trinajstić information content (AvgIpc) is 3.44. The number of ether oxygens (including phenoxy) is 3. The van der Waals surface area contributed by atoms with Gasteiger partial charge in [-0.25, -0.2) is 8.42 Å². The molecule has 1 aromatic carbocycles. The van der Waals surface area contributed by atoms with Crippen molar-refractivity contribution in [2.75, 3.05) is 33.0 Å². The van der Waals surface area contributed by atoms with Gasteiger partial charge in [0, 0.05) is 32.4 Å². The minimum absolute atomic E-state index is 0.142. The third kappa shape index (κ3) is 4.03. The summed E-state index contributed by atoms with van der Waals surface area (Å²) >= 11 is 0. The molecule has 0 spiro atoms. The van der Waals surface area contributed by atoms with E-state index >= 15 is 0 Å². The molecule has 0 bridgehead atoms. The molecule has 10 heteroatoms. The Morgan fingerprint density at radius 1 is 1.17 bits per heavy atom. The van der Waals surface area contributed by atoms with Crippen LogP contribution in [0.15, 0.2) is 35.4 Å². The summed E-state index contributed by atoms with van der Waals surface area (Å²) < 4.78 is 44.5. The van der Waals surface area contributed by atoms with Crippen molar-refractivity contribution in [1.29, 1.82) is 0 Å². The lowest BCUT2D eigenvalue weighted by Gasteiger charge is -2.13. The van der Waals surface area contributed by atoms with Crippen molar-refractivity contribution in [2.45, 2.75) is 17.7 Å². The molecule has 1 aromatic heterocycles. The molecule has 4 rings (SSSR count). The smallest absolute Gasteiger partial charge is 0.268 e. The van der Waals surface area contributed by atoms with E-state index in [0.29, 0.717) is 30.3 Å². The van der Waals surface area contributed by atoms with Gasteiger partial charge in [0.1, 0.15) is 22.9 Å². The lowest BCUT2D eigenvalue weighted by molar-refractivity contribution is 0.0938. The first-order chi connectivity index (χ1) is 13.9. The van der Waals surface area contributed by atoms with Gasteiger partial charge < -0.3 is 24.1 Å². The molecule has 3 heterocycles. The molecule has 156 valence electrons. The number of aryl methyl sites for hydroxylation is 1. The lowest BCUT2D eigenvalue weighted by Crippen LogP contribution is -2.29. The number of rotatable bonds is 7. The van der Waals surface area contributed by atoms with Crippen LogP contribution in [0.4, 0.5) is 0 Å². The minimum atomic E-state index is -3.55. The fraction of sp³-hybridized carbons (Fsp3) is 0.421. The van der Waals surface area contributed by atoms with E-state index in [2.05, 4.69) is 5.32 Å². The number of nitrogens with zero attached hydrogens (tertiary/aromatic N) is 2. The van der Waals surface area contributed by atoms with E-state index in [9.17, 15) is 13.2 Å². The molecule has 0 saturated carbocycles. The van der Waals surface area contributed by atoms with Crippen LogP contribution >= 0.6 is 0 Å². The Morgan fingerprint density at radius 2 is 1.93 bits per heavy atom. The second-order valence-corrected chi connectivity index (χ2v) is 8.84. The number of carbonyl (C=O) groups is 1. The number of hydrogen-bond donors (Lipinski definition) is 1. The Morgan fingerprint density at radius 3 is 2.72 bits per heavy atom. The zero-order valence-electron chi connectivity index (χ0n) is 16.1. The van der Waals surface area contributed by atoms with E-state index < -0.39 is 10.0 Å². The predicted molar refractivity (Wildman–Crippen MR) is 104 cm³/mol. The van der Waals surface area contributed by atoms with Gasteiger partial charge in [0.25, 0.3) is 5.91 Å². The normalized spacial score (nSPS) is 16.2. The van der Waals surface area contributed by atoms with E-state index in [1.807, 2.05) is 0 Å². The quantitative estimate of drug-likeness (QED) is 0.678. The number of sulfonamides is 1. The molecule has 2 aliphatic heterocycles. The largest absolute Gasteiger partial charge is 0.492 e. The third-order valence-electron chi connectivity index (χ3n) is 4.92. The molecule has 2 aromatic rings. The zero-order chi connectivity index (χ0) is 20.4. The molecule has 29 heavy (non-hydrogen) atoms. The Bertz CT molecular complexity index is 1010. The van der Waals surface area contributed by atoms with Gasteiger partial charge in [-0.05, 0) is 31.0 Å². The van der Waals surface area contributed by atoms with E-state index in [1.54, 1.807) is 25.2 Å². The van der Waals surface area contributed by atoms with Crippen LogP contribution in [0, 0.1) is 0 Å². The highest BCUT2D eigenvalue weighted by Crippen LogP contribution is 2.35. The zero-order valence-corrected chi connectivity index (χ0v) is 16.9. The summed E-state index contributed by atoms with van der Waals surface area (Å²) in [6.45, 7) is 1.77. The average molecular weight is 421 g/mol. The molecule has 0 unspecified atom stereocenters. The van der Waals surface area contributed by atoms with Gasteiger partial charge in [-0.2, -0.15) is 4.31 Å².